The maximum atomic E-state index is 12.6. The van der Waals surface area contributed by atoms with Crippen molar-refractivity contribution in [3.8, 4) is 0 Å². The Morgan fingerprint density at radius 3 is 2.86 bits per heavy atom. The fourth-order valence-electron chi connectivity index (χ4n) is 3.50. The van der Waals surface area contributed by atoms with Crippen molar-refractivity contribution in [2.24, 2.45) is 11.8 Å². The van der Waals surface area contributed by atoms with Crippen molar-refractivity contribution in [2.75, 3.05) is 20.3 Å². The van der Waals surface area contributed by atoms with Gasteiger partial charge >= 0.3 is 0 Å². The number of fused-ring (bicyclic) bond motifs is 1. The monoisotopic (exact) mass is 311 g/mol. The minimum atomic E-state index is -3.50. The number of ether oxygens (including phenoxy) is 2. The first-order valence-electron chi connectivity index (χ1n) is 7.23. The Kier molecular flexibility index (Phi) is 4.05. The molecule has 0 amide bonds. The summed E-state index contributed by atoms with van der Waals surface area (Å²) in [7, 11) is -1.87. The van der Waals surface area contributed by atoms with E-state index in [0.29, 0.717) is 18.1 Å². The van der Waals surface area contributed by atoms with Crippen LogP contribution in [0.2, 0.25) is 0 Å². The van der Waals surface area contributed by atoms with Gasteiger partial charge in [-0.25, -0.2) is 13.1 Å². The lowest BCUT2D eigenvalue weighted by molar-refractivity contribution is -0.0775. The van der Waals surface area contributed by atoms with Crippen LogP contribution in [0.3, 0.4) is 0 Å². The third-order valence-electron chi connectivity index (χ3n) is 4.56. The number of rotatable bonds is 5. The van der Waals surface area contributed by atoms with Crippen molar-refractivity contribution in [3.63, 3.8) is 0 Å². The fourth-order valence-corrected chi connectivity index (χ4v) is 5.08. The molecule has 4 unspecified atom stereocenters. The zero-order valence-electron chi connectivity index (χ0n) is 12.3. The first-order valence-corrected chi connectivity index (χ1v) is 8.71. The van der Waals surface area contributed by atoms with Gasteiger partial charge in [-0.15, -0.1) is 0 Å². The van der Waals surface area contributed by atoms with Gasteiger partial charge in [0.05, 0.1) is 17.6 Å². The molecule has 0 spiro atoms. The summed E-state index contributed by atoms with van der Waals surface area (Å²) in [5, 5.41) is 0. The molecule has 6 heteroatoms. The van der Waals surface area contributed by atoms with Gasteiger partial charge in [0, 0.05) is 31.6 Å². The molecule has 1 N–H and O–H groups in total. The van der Waals surface area contributed by atoms with Crippen LogP contribution in [0.4, 0.5) is 0 Å². The van der Waals surface area contributed by atoms with Crippen molar-refractivity contribution in [2.45, 2.75) is 30.4 Å². The predicted molar refractivity (Wildman–Crippen MR) is 78.5 cm³/mol. The lowest BCUT2D eigenvalue weighted by Gasteiger charge is -2.47. The van der Waals surface area contributed by atoms with E-state index in [1.165, 1.54) is 0 Å². The van der Waals surface area contributed by atoms with Crippen molar-refractivity contribution in [1.29, 1.82) is 0 Å². The van der Waals surface area contributed by atoms with E-state index in [1.54, 1.807) is 19.2 Å². The maximum absolute atomic E-state index is 12.6. The molecule has 3 rings (SSSR count). The summed E-state index contributed by atoms with van der Waals surface area (Å²) >= 11 is 0. The highest BCUT2D eigenvalue weighted by atomic mass is 32.2. The number of benzene rings is 1. The summed E-state index contributed by atoms with van der Waals surface area (Å²) in [6.45, 7) is 3.03. The summed E-state index contributed by atoms with van der Waals surface area (Å²) in [6, 6.07) is 6.94. The molecule has 2 fully saturated rings. The van der Waals surface area contributed by atoms with Gasteiger partial charge in [0.25, 0.3) is 0 Å². The van der Waals surface area contributed by atoms with Crippen molar-refractivity contribution >= 4 is 10.0 Å². The highest BCUT2D eigenvalue weighted by molar-refractivity contribution is 7.89. The average molecular weight is 311 g/mol. The van der Waals surface area contributed by atoms with E-state index in [2.05, 4.69) is 4.72 Å². The number of methoxy groups -OCH3 is 1. The lowest BCUT2D eigenvalue weighted by atomic mass is 9.68. The van der Waals surface area contributed by atoms with Gasteiger partial charge in [-0.05, 0) is 25.0 Å². The molecule has 1 aromatic rings. The molecule has 1 heterocycles. The molecule has 2 aliphatic rings. The van der Waals surface area contributed by atoms with E-state index in [9.17, 15) is 8.42 Å². The summed E-state index contributed by atoms with van der Waals surface area (Å²) in [5.41, 5.74) is 0.756. The van der Waals surface area contributed by atoms with Gasteiger partial charge in [0.1, 0.15) is 0 Å². The van der Waals surface area contributed by atoms with Crippen LogP contribution in [0, 0.1) is 18.8 Å². The van der Waals surface area contributed by atoms with E-state index in [1.807, 2.05) is 19.1 Å². The SMILES string of the molecule is COCC1C(NS(=O)(=O)c2ccccc2C)C2CCOC21. The Labute approximate surface area is 125 Å². The maximum Gasteiger partial charge on any atom is 0.241 e. The van der Waals surface area contributed by atoms with Gasteiger partial charge in [0.2, 0.25) is 10.0 Å². The average Bonchev–Trinajstić information content (AvgIpc) is 2.87. The minimum absolute atomic E-state index is 0.0953. The van der Waals surface area contributed by atoms with Crippen LogP contribution >= 0.6 is 0 Å². The van der Waals surface area contributed by atoms with Gasteiger partial charge in [-0.1, -0.05) is 18.2 Å². The molecule has 5 nitrogen and oxygen atoms in total. The van der Waals surface area contributed by atoms with Crippen molar-refractivity contribution in [3.05, 3.63) is 29.8 Å². The first kappa shape index (κ1) is 15.0. The smallest absolute Gasteiger partial charge is 0.241 e. The molecule has 116 valence electrons. The largest absolute Gasteiger partial charge is 0.384 e. The summed E-state index contributed by atoms with van der Waals surface area (Å²) in [6.07, 6.45) is 1.04. The lowest BCUT2D eigenvalue weighted by Crippen LogP contribution is -2.62. The molecule has 1 saturated heterocycles. The second kappa shape index (κ2) is 5.68. The van der Waals surface area contributed by atoms with E-state index in [4.69, 9.17) is 9.47 Å². The third kappa shape index (κ3) is 2.61. The van der Waals surface area contributed by atoms with E-state index in [0.717, 1.165) is 12.0 Å². The second-order valence-electron chi connectivity index (χ2n) is 5.82. The normalized spacial score (nSPS) is 31.7. The third-order valence-corrected chi connectivity index (χ3v) is 6.18. The molecule has 21 heavy (non-hydrogen) atoms. The Morgan fingerprint density at radius 2 is 2.14 bits per heavy atom. The Hall–Kier alpha value is -0.950. The topological polar surface area (TPSA) is 64.6 Å². The zero-order chi connectivity index (χ0) is 15.0. The zero-order valence-corrected chi connectivity index (χ0v) is 13.1. The van der Waals surface area contributed by atoms with Crippen LogP contribution in [0.5, 0.6) is 0 Å². The molecular weight excluding hydrogens is 290 g/mol. The highest BCUT2D eigenvalue weighted by Crippen LogP contribution is 2.44. The summed E-state index contributed by atoms with van der Waals surface area (Å²) < 4.78 is 39.0. The molecule has 0 aromatic heterocycles. The van der Waals surface area contributed by atoms with Crippen LogP contribution in [0.25, 0.3) is 0 Å². The highest BCUT2D eigenvalue weighted by Gasteiger charge is 2.54. The van der Waals surface area contributed by atoms with Crippen molar-refractivity contribution < 1.29 is 17.9 Å². The number of aryl methyl sites for hydroxylation is 1. The standard InChI is InChI=1S/C15H21NO4S/c1-10-5-3-4-6-13(10)21(17,18)16-14-11-7-8-20-15(11)12(14)9-19-2/h3-6,11-12,14-16H,7-9H2,1-2H3. The van der Waals surface area contributed by atoms with Gasteiger partial charge in [0.15, 0.2) is 0 Å². The fraction of sp³-hybridized carbons (Fsp3) is 0.600. The van der Waals surface area contributed by atoms with E-state index >= 15 is 0 Å². The van der Waals surface area contributed by atoms with Crippen LogP contribution in [0.1, 0.15) is 12.0 Å². The molecule has 0 radical (unpaired) electrons. The van der Waals surface area contributed by atoms with Crippen LogP contribution in [0.15, 0.2) is 29.2 Å². The Morgan fingerprint density at radius 1 is 1.38 bits per heavy atom. The summed E-state index contributed by atoms with van der Waals surface area (Å²) in [5.74, 6) is 0.366. The quantitative estimate of drug-likeness (QED) is 0.891. The molecule has 1 aliphatic heterocycles. The van der Waals surface area contributed by atoms with Crippen LogP contribution in [-0.2, 0) is 19.5 Å². The number of hydrogen-bond donors (Lipinski definition) is 1. The van der Waals surface area contributed by atoms with E-state index < -0.39 is 10.0 Å². The Balaban J connectivity index is 1.80. The number of sulfonamides is 1. The molecule has 1 saturated carbocycles. The Bertz CT molecular complexity index is 616. The van der Waals surface area contributed by atoms with Gasteiger partial charge < -0.3 is 9.47 Å². The van der Waals surface area contributed by atoms with Crippen molar-refractivity contribution in [1.82, 2.24) is 4.72 Å². The molecule has 1 aliphatic carbocycles. The molecule has 4 atom stereocenters. The van der Waals surface area contributed by atoms with Crippen LogP contribution in [-0.4, -0.2) is 40.9 Å². The minimum Gasteiger partial charge on any atom is -0.384 e. The van der Waals surface area contributed by atoms with E-state index in [-0.39, 0.29) is 24.0 Å². The predicted octanol–water partition coefficient (Wildman–Crippen LogP) is 1.32. The van der Waals surface area contributed by atoms with Crippen LogP contribution < -0.4 is 4.72 Å². The molecule has 0 bridgehead atoms. The molecular formula is C15H21NO4S. The summed E-state index contributed by atoms with van der Waals surface area (Å²) in [4.78, 5) is 0.350. The first-order chi connectivity index (χ1) is 10.0. The second-order valence-corrected chi connectivity index (χ2v) is 7.50. The number of nitrogens with one attached hydrogen (secondary N) is 1. The van der Waals surface area contributed by atoms with Gasteiger partial charge in [-0.2, -0.15) is 0 Å². The molecule has 1 aromatic carbocycles. The van der Waals surface area contributed by atoms with Gasteiger partial charge in [-0.3, -0.25) is 0 Å². The number of hydrogen-bond acceptors (Lipinski definition) is 4.